The fourth-order valence-corrected chi connectivity index (χ4v) is 4.62. The van der Waals surface area contributed by atoms with E-state index in [0.29, 0.717) is 25.9 Å². The highest BCUT2D eigenvalue weighted by molar-refractivity contribution is 6.04. The number of carbonyl (C=O) groups is 2. The van der Waals surface area contributed by atoms with Gasteiger partial charge >= 0.3 is 0 Å². The molecule has 25 heavy (non-hydrogen) atoms. The molecule has 0 radical (unpaired) electrons. The highest BCUT2D eigenvalue weighted by atomic mass is 19.1. The van der Waals surface area contributed by atoms with Crippen molar-refractivity contribution in [3.05, 3.63) is 46.8 Å². The van der Waals surface area contributed by atoms with Crippen LogP contribution < -0.4 is 0 Å². The molecule has 0 N–H and O–H groups in total. The number of nitrogens with zero attached hydrogens (tertiary/aromatic N) is 2. The highest BCUT2D eigenvalue weighted by Gasteiger charge is 2.53. The zero-order chi connectivity index (χ0) is 18.0. The number of fused-ring (bicyclic) bond motifs is 1. The number of amides is 1. The van der Waals surface area contributed by atoms with Gasteiger partial charge in [-0.05, 0) is 36.1 Å². The summed E-state index contributed by atoms with van der Waals surface area (Å²) in [6.07, 6.45) is 3.06. The molecule has 2 aliphatic carbocycles. The molecular weight excluding hydrogens is 319 g/mol. The third-order valence-electron chi connectivity index (χ3n) is 5.75. The molecule has 4 nitrogen and oxygen atoms in total. The molecule has 1 atom stereocenters. The standard InChI is InChI=1S/C20H19FN2O2/c1-19(2)9-20(7-13(8-22)17(19)24)10-23(11-20)18(25)16-5-12-3-4-14(21)6-15(12)16/h3-4,6-7,16H,5,9-11H2,1-2H3. The highest BCUT2D eigenvalue weighted by Crippen LogP contribution is 2.49. The van der Waals surface area contributed by atoms with Crippen molar-refractivity contribution in [2.75, 3.05) is 13.1 Å². The quantitative estimate of drug-likeness (QED) is 0.791. The molecule has 0 saturated carbocycles. The Kier molecular flexibility index (Phi) is 3.21. The smallest absolute Gasteiger partial charge is 0.230 e. The number of Topliss-reactive ketones (excluding diaryl/α,β-unsaturated/α-hetero) is 1. The van der Waals surface area contributed by atoms with E-state index in [2.05, 4.69) is 0 Å². The van der Waals surface area contributed by atoms with E-state index in [1.165, 1.54) is 12.1 Å². The van der Waals surface area contributed by atoms with E-state index in [1.54, 1.807) is 17.0 Å². The minimum Gasteiger partial charge on any atom is -0.340 e. The van der Waals surface area contributed by atoms with Gasteiger partial charge in [0.15, 0.2) is 5.78 Å². The van der Waals surface area contributed by atoms with Crippen LogP contribution in [0.2, 0.25) is 0 Å². The van der Waals surface area contributed by atoms with E-state index in [9.17, 15) is 19.2 Å². The van der Waals surface area contributed by atoms with Crippen molar-refractivity contribution >= 4 is 11.7 Å². The maximum atomic E-state index is 13.4. The van der Waals surface area contributed by atoms with E-state index in [-0.39, 0.29) is 34.4 Å². The van der Waals surface area contributed by atoms with Crippen molar-refractivity contribution in [3.8, 4) is 6.07 Å². The average Bonchev–Trinajstić information content (AvgIpc) is 2.50. The monoisotopic (exact) mass is 338 g/mol. The number of allylic oxidation sites excluding steroid dienone is 1. The Hall–Kier alpha value is -2.48. The Morgan fingerprint density at radius 1 is 1.36 bits per heavy atom. The number of hydrogen-bond donors (Lipinski definition) is 0. The molecule has 4 rings (SSSR count). The van der Waals surface area contributed by atoms with Crippen LogP contribution in [-0.4, -0.2) is 29.7 Å². The first-order valence-corrected chi connectivity index (χ1v) is 8.50. The second-order valence-corrected chi connectivity index (χ2v) is 8.22. The summed E-state index contributed by atoms with van der Waals surface area (Å²) in [5.74, 6) is -0.676. The molecule has 1 aromatic rings. The van der Waals surface area contributed by atoms with Crippen molar-refractivity contribution in [2.45, 2.75) is 32.6 Å². The van der Waals surface area contributed by atoms with Gasteiger partial charge in [0.25, 0.3) is 0 Å². The third kappa shape index (κ3) is 2.31. The summed E-state index contributed by atoms with van der Waals surface area (Å²) in [5, 5.41) is 9.24. The van der Waals surface area contributed by atoms with E-state index in [1.807, 2.05) is 19.9 Å². The van der Waals surface area contributed by atoms with E-state index >= 15 is 0 Å². The van der Waals surface area contributed by atoms with Crippen molar-refractivity contribution < 1.29 is 14.0 Å². The van der Waals surface area contributed by atoms with Crippen molar-refractivity contribution in [2.24, 2.45) is 10.8 Å². The van der Waals surface area contributed by atoms with Crippen LogP contribution in [0.5, 0.6) is 0 Å². The van der Waals surface area contributed by atoms with Gasteiger partial charge in [0.2, 0.25) is 5.91 Å². The molecule has 0 bridgehead atoms. The van der Waals surface area contributed by atoms with Crippen molar-refractivity contribution in [3.63, 3.8) is 0 Å². The average molecular weight is 338 g/mol. The second-order valence-electron chi connectivity index (χ2n) is 8.22. The van der Waals surface area contributed by atoms with Gasteiger partial charge in [-0.1, -0.05) is 26.0 Å². The van der Waals surface area contributed by atoms with E-state index in [4.69, 9.17) is 0 Å². The molecule has 3 aliphatic rings. The van der Waals surface area contributed by atoms with Gasteiger partial charge in [-0.2, -0.15) is 5.26 Å². The number of ketones is 1. The predicted octanol–water partition coefficient (Wildman–Crippen LogP) is 2.74. The Labute approximate surface area is 145 Å². The lowest BCUT2D eigenvalue weighted by Gasteiger charge is -2.54. The molecule has 1 unspecified atom stereocenters. The lowest BCUT2D eigenvalue weighted by Crippen LogP contribution is -2.62. The van der Waals surface area contributed by atoms with Crippen LogP contribution in [0.15, 0.2) is 29.8 Å². The van der Waals surface area contributed by atoms with Crippen LogP contribution in [0, 0.1) is 28.0 Å². The zero-order valence-electron chi connectivity index (χ0n) is 14.3. The summed E-state index contributed by atoms with van der Waals surface area (Å²) in [6.45, 7) is 4.76. The number of rotatable bonds is 1. The van der Waals surface area contributed by atoms with Gasteiger partial charge in [0.05, 0.1) is 11.5 Å². The van der Waals surface area contributed by atoms with Crippen molar-refractivity contribution in [1.29, 1.82) is 5.26 Å². The summed E-state index contributed by atoms with van der Waals surface area (Å²) >= 11 is 0. The Bertz CT molecular complexity index is 872. The SMILES string of the molecule is CC1(C)CC2(C=C(C#N)C1=O)CN(C(=O)C1Cc3ccc(F)cc31)C2. The van der Waals surface area contributed by atoms with Crippen LogP contribution in [0.25, 0.3) is 0 Å². The summed E-state index contributed by atoms with van der Waals surface area (Å²) in [5.41, 5.74) is 1.16. The van der Waals surface area contributed by atoms with Crippen molar-refractivity contribution in [1.82, 2.24) is 4.90 Å². The van der Waals surface area contributed by atoms with Crippen LogP contribution in [0.4, 0.5) is 4.39 Å². The van der Waals surface area contributed by atoms with Gasteiger partial charge in [0.1, 0.15) is 11.9 Å². The summed E-state index contributed by atoms with van der Waals surface area (Å²) in [6, 6.07) is 6.62. The van der Waals surface area contributed by atoms with Gasteiger partial charge in [-0.25, -0.2) is 4.39 Å². The minimum atomic E-state index is -0.582. The molecule has 128 valence electrons. The Balaban J connectivity index is 1.51. The number of hydrogen-bond acceptors (Lipinski definition) is 3. The maximum Gasteiger partial charge on any atom is 0.230 e. The Morgan fingerprint density at radius 2 is 2.08 bits per heavy atom. The van der Waals surface area contributed by atoms with Gasteiger partial charge < -0.3 is 4.90 Å². The number of nitriles is 1. The van der Waals surface area contributed by atoms with Crippen LogP contribution in [-0.2, 0) is 16.0 Å². The molecule has 1 aromatic carbocycles. The zero-order valence-corrected chi connectivity index (χ0v) is 14.3. The molecule has 1 saturated heterocycles. The summed E-state index contributed by atoms with van der Waals surface area (Å²) in [7, 11) is 0. The third-order valence-corrected chi connectivity index (χ3v) is 5.75. The predicted molar refractivity (Wildman–Crippen MR) is 89.0 cm³/mol. The fraction of sp³-hybridized carbons (Fsp3) is 0.450. The fourth-order valence-electron chi connectivity index (χ4n) is 4.62. The number of likely N-dealkylation sites (tertiary alicyclic amines) is 1. The molecule has 1 heterocycles. The summed E-state index contributed by atoms with van der Waals surface area (Å²) < 4.78 is 13.4. The second kappa shape index (κ2) is 5.01. The van der Waals surface area contributed by atoms with Crippen LogP contribution in [0.3, 0.4) is 0 Å². The molecule has 0 aromatic heterocycles. The molecule has 5 heteroatoms. The minimum absolute atomic E-state index is 0.0188. The first-order valence-electron chi connectivity index (χ1n) is 8.50. The molecule has 1 spiro atoms. The lowest BCUT2D eigenvalue weighted by molar-refractivity contribution is -0.146. The lowest BCUT2D eigenvalue weighted by atomic mass is 9.61. The summed E-state index contributed by atoms with van der Waals surface area (Å²) in [4.78, 5) is 26.8. The largest absolute Gasteiger partial charge is 0.340 e. The maximum absolute atomic E-state index is 13.4. The molecule has 1 aliphatic heterocycles. The first kappa shape index (κ1) is 16.0. The normalized spacial score (nSPS) is 25.4. The number of carbonyl (C=O) groups excluding carboxylic acids is 2. The molecular formula is C20H19FN2O2. The van der Waals surface area contributed by atoms with Gasteiger partial charge in [0, 0.05) is 23.9 Å². The topological polar surface area (TPSA) is 61.2 Å². The Morgan fingerprint density at radius 3 is 2.76 bits per heavy atom. The molecule has 1 fully saturated rings. The van der Waals surface area contributed by atoms with E-state index in [0.717, 1.165) is 11.1 Å². The first-order chi connectivity index (χ1) is 11.7. The van der Waals surface area contributed by atoms with Crippen LogP contribution in [0.1, 0.15) is 37.3 Å². The van der Waals surface area contributed by atoms with E-state index < -0.39 is 5.41 Å². The van der Waals surface area contributed by atoms with Gasteiger partial charge in [-0.15, -0.1) is 0 Å². The molecule has 1 amide bonds. The number of halogens is 1. The van der Waals surface area contributed by atoms with Gasteiger partial charge in [-0.3, -0.25) is 9.59 Å². The van der Waals surface area contributed by atoms with Crippen LogP contribution >= 0.6 is 0 Å². The number of benzene rings is 1.